The third-order valence-corrected chi connectivity index (χ3v) is 2.57. The van der Waals surface area contributed by atoms with Gasteiger partial charge >= 0.3 is 37.4 Å². The van der Waals surface area contributed by atoms with Gasteiger partial charge in [-0.1, -0.05) is 0 Å². The van der Waals surface area contributed by atoms with Crippen LogP contribution in [-0.4, -0.2) is 67.5 Å². The third-order valence-electron chi connectivity index (χ3n) is 2.09. The number of hydrogen-bond acceptors (Lipinski definition) is 7. The van der Waals surface area contributed by atoms with Gasteiger partial charge in [0.1, 0.15) is 24.4 Å². The fourth-order valence-electron chi connectivity index (χ4n) is 1.29. The van der Waals surface area contributed by atoms with E-state index in [-0.39, 0.29) is 29.6 Å². The third kappa shape index (κ3) is 4.83. The van der Waals surface area contributed by atoms with Crippen molar-refractivity contribution in [1.29, 1.82) is 0 Å². The maximum Gasteiger partial charge on any atom is 1.00 e. The van der Waals surface area contributed by atoms with Crippen LogP contribution < -0.4 is 29.6 Å². The summed E-state index contributed by atoms with van der Waals surface area (Å²) < 4.78 is 19.2. The van der Waals surface area contributed by atoms with Gasteiger partial charge in [0.25, 0.3) is 0 Å². The van der Waals surface area contributed by atoms with E-state index in [0.717, 1.165) is 0 Å². The van der Waals surface area contributed by atoms with Crippen LogP contribution in [0.4, 0.5) is 0 Å². The van der Waals surface area contributed by atoms with Crippen LogP contribution in [0.25, 0.3) is 0 Å². The first-order valence-electron chi connectivity index (χ1n) is 4.30. The molecule has 0 bridgehead atoms. The van der Waals surface area contributed by atoms with E-state index in [1.54, 1.807) is 0 Å². The monoisotopic (exact) mass is 283 g/mol. The van der Waals surface area contributed by atoms with Crippen molar-refractivity contribution in [3.63, 3.8) is 0 Å². The fourth-order valence-corrected chi connectivity index (χ4v) is 1.73. The van der Waals surface area contributed by atoms with Gasteiger partial charge in [-0.25, -0.2) is 4.57 Å². The van der Waals surface area contributed by atoms with Gasteiger partial charge in [-0.2, -0.15) is 0 Å². The summed E-state index contributed by atoms with van der Waals surface area (Å²) in [7, 11) is -4.91. The van der Waals surface area contributed by atoms with Gasteiger partial charge in [0.15, 0.2) is 6.29 Å². The average molecular weight is 283 g/mol. The maximum absolute atomic E-state index is 10.5. The molecule has 0 aromatic heterocycles. The van der Waals surface area contributed by atoms with Crippen LogP contribution in [0, 0.1) is 0 Å². The number of hydrogen-bond donors (Lipinski definition) is 6. The van der Waals surface area contributed by atoms with E-state index in [1.807, 2.05) is 0 Å². The Balaban J connectivity index is 0.00000256. The van der Waals surface area contributed by atoms with Crippen molar-refractivity contribution in [2.45, 2.75) is 30.7 Å². The quantitative estimate of drug-likeness (QED) is 0.219. The molecule has 0 saturated carbocycles. The van der Waals surface area contributed by atoms with E-state index in [9.17, 15) is 19.9 Å². The molecule has 0 radical (unpaired) electrons. The first-order chi connectivity index (χ1) is 7.26. The summed E-state index contributed by atoms with van der Waals surface area (Å²) in [5.74, 6) is 0. The second kappa shape index (κ2) is 6.90. The Labute approximate surface area is 119 Å². The summed E-state index contributed by atoms with van der Waals surface area (Å²) in [6.45, 7) is -0.702. The van der Waals surface area contributed by atoms with Gasteiger partial charge in [-0.05, 0) is 0 Å². The van der Waals surface area contributed by atoms with Crippen LogP contribution in [-0.2, 0) is 13.8 Å². The predicted octanol–water partition coefficient (Wildman–Crippen LogP) is -6.10. The van der Waals surface area contributed by atoms with E-state index < -0.39 is 45.1 Å². The first kappa shape index (κ1) is 17.9. The molecule has 0 aromatic rings. The summed E-state index contributed by atoms with van der Waals surface area (Å²) in [4.78, 5) is 17.0. The van der Waals surface area contributed by atoms with E-state index in [4.69, 9.17) is 14.9 Å². The van der Waals surface area contributed by atoms with Crippen LogP contribution in [0.2, 0.25) is 0 Å². The Bertz CT molecular complexity index is 281. The predicted molar refractivity (Wildman–Crippen MR) is 46.9 cm³/mol. The molecule has 9 nitrogen and oxygen atoms in total. The molecule has 1 rings (SSSR count). The van der Waals surface area contributed by atoms with Crippen molar-refractivity contribution in [1.82, 2.24) is 0 Å². The zero-order valence-electron chi connectivity index (χ0n) is 8.95. The molecule has 0 aliphatic carbocycles. The Morgan fingerprint density at radius 2 is 1.65 bits per heavy atom. The van der Waals surface area contributed by atoms with Crippen LogP contribution >= 0.6 is 7.82 Å². The van der Waals surface area contributed by atoms with Crippen molar-refractivity contribution in [3.05, 3.63) is 0 Å². The minimum absolute atomic E-state index is 0. The van der Waals surface area contributed by atoms with Crippen LogP contribution in [0.3, 0.4) is 0 Å². The van der Waals surface area contributed by atoms with Gasteiger partial charge in [0.05, 0.1) is 6.61 Å². The molecule has 1 fully saturated rings. The Morgan fingerprint density at radius 3 is 2.06 bits per heavy atom. The standard InChI is InChI=1S/C6H13O9P.Na/c7-1-2-3(8)4(9)5(10)6(14-2)15-16(11,12)13;/h2-10H,1H2,(H2,11,12,13);/q;+1/t2-,3-,4+,5-,6-;/m1./s1. The molecule has 0 unspecified atom stereocenters. The minimum atomic E-state index is -4.91. The van der Waals surface area contributed by atoms with Crippen LogP contribution in [0.5, 0.6) is 0 Å². The maximum atomic E-state index is 10.5. The van der Waals surface area contributed by atoms with Gasteiger partial charge in [0.2, 0.25) is 0 Å². The van der Waals surface area contributed by atoms with Gasteiger partial charge in [-0.3, -0.25) is 4.52 Å². The Kier molecular flexibility index (Phi) is 7.27. The zero-order chi connectivity index (χ0) is 12.5. The first-order valence-corrected chi connectivity index (χ1v) is 5.83. The van der Waals surface area contributed by atoms with Crippen molar-refractivity contribution in [2.75, 3.05) is 6.61 Å². The van der Waals surface area contributed by atoms with Crippen molar-refractivity contribution < 1.29 is 73.6 Å². The molecule has 0 amide bonds. The Hall–Kier alpha value is 0.910. The second-order valence-corrected chi connectivity index (χ2v) is 4.49. The molecule has 17 heavy (non-hydrogen) atoms. The number of aliphatic hydroxyl groups is 4. The molecular formula is C6H13NaO9P+. The van der Waals surface area contributed by atoms with E-state index in [2.05, 4.69) is 9.26 Å². The largest absolute Gasteiger partial charge is 1.00 e. The molecule has 6 N–H and O–H groups in total. The topological polar surface area (TPSA) is 157 Å². The number of ether oxygens (including phenoxy) is 1. The molecule has 1 heterocycles. The molecule has 11 heteroatoms. The van der Waals surface area contributed by atoms with Crippen LogP contribution in [0.15, 0.2) is 0 Å². The van der Waals surface area contributed by atoms with Crippen molar-refractivity contribution in [3.8, 4) is 0 Å². The Morgan fingerprint density at radius 1 is 1.12 bits per heavy atom. The molecule has 1 saturated heterocycles. The number of phosphoric acid groups is 1. The number of phosphoric ester groups is 1. The van der Waals surface area contributed by atoms with E-state index in [0.29, 0.717) is 0 Å². The number of aliphatic hydroxyl groups excluding tert-OH is 4. The van der Waals surface area contributed by atoms with E-state index in [1.165, 1.54) is 0 Å². The summed E-state index contributed by atoms with van der Waals surface area (Å²) in [6, 6.07) is 0. The molecule has 1 aliphatic heterocycles. The molecule has 5 atom stereocenters. The van der Waals surface area contributed by atoms with Gasteiger partial charge in [0, 0.05) is 0 Å². The summed E-state index contributed by atoms with van der Waals surface area (Å²) in [5.41, 5.74) is 0. The van der Waals surface area contributed by atoms with Crippen LogP contribution in [0.1, 0.15) is 0 Å². The van der Waals surface area contributed by atoms with Crippen molar-refractivity contribution in [2.24, 2.45) is 0 Å². The van der Waals surface area contributed by atoms with Gasteiger partial charge in [-0.15, -0.1) is 0 Å². The summed E-state index contributed by atoms with van der Waals surface area (Å²) in [5, 5.41) is 36.6. The smallest absolute Gasteiger partial charge is 0.394 e. The summed E-state index contributed by atoms with van der Waals surface area (Å²) in [6.07, 6.45) is -8.25. The molecule has 0 aromatic carbocycles. The fraction of sp³-hybridized carbons (Fsp3) is 1.00. The summed E-state index contributed by atoms with van der Waals surface area (Å²) >= 11 is 0. The second-order valence-electron chi connectivity index (χ2n) is 3.29. The molecule has 1 aliphatic rings. The molecule has 0 spiro atoms. The van der Waals surface area contributed by atoms with E-state index >= 15 is 0 Å². The normalized spacial score (nSPS) is 38.6. The minimum Gasteiger partial charge on any atom is -0.394 e. The SMILES string of the molecule is O=P(O)(O)O[C@H]1O[C@H](CO)[C@@H](O)[C@H](O)[C@H]1O.[Na+]. The average Bonchev–Trinajstić information content (AvgIpc) is 2.17. The molecular weight excluding hydrogens is 270 g/mol. The zero-order valence-corrected chi connectivity index (χ0v) is 11.8. The van der Waals surface area contributed by atoms with Crippen molar-refractivity contribution >= 4 is 7.82 Å². The number of rotatable bonds is 3. The van der Waals surface area contributed by atoms with Gasteiger partial charge < -0.3 is 34.9 Å². The molecule has 96 valence electrons.